The Balaban J connectivity index is 4.82. The smallest absolute Gasteiger partial charge is 0.462 e. The molecule has 0 aromatic rings. The van der Waals surface area contributed by atoms with Gasteiger partial charge in [0.15, 0.2) is 6.10 Å². The third-order valence-corrected chi connectivity index (χ3v) is 12.5. The van der Waals surface area contributed by atoms with E-state index in [4.69, 9.17) is 23.3 Å². The molecule has 430 valence electrons. The van der Waals surface area contributed by atoms with Gasteiger partial charge in [-0.25, -0.2) is 4.57 Å². The average molecular weight is 1080 g/mol. The first-order valence-electron chi connectivity index (χ1n) is 29.1. The Kier molecular flexibility index (Phi) is 53.5. The molecule has 11 nitrogen and oxygen atoms in total. The Morgan fingerprint density at radius 3 is 1.01 bits per heavy atom. The maximum atomic E-state index is 12.9. The second-order valence-corrected chi connectivity index (χ2v) is 20.1. The monoisotopic (exact) mass is 1080 g/mol. The lowest BCUT2D eigenvalue weighted by Gasteiger charge is -2.21. The van der Waals surface area contributed by atoms with Crippen LogP contribution in [-0.4, -0.2) is 66.5 Å². The van der Waals surface area contributed by atoms with Gasteiger partial charge >= 0.3 is 25.7 Å². The van der Waals surface area contributed by atoms with Crippen LogP contribution in [0.3, 0.4) is 0 Å². The normalized spacial score (nSPS) is 14.3. The minimum atomic E-state index is -4.78. The topological polar surface area (TPSA) is 155 Å². The standard InChI is InChI=1S/C64H103O11P/c1-4-7-10-13-16-19-22-25-28-29-30-31-34-35-38-41-44-47-50-53-62(66)71-57-61(75-64(68)55-52-49-46-43-40-37-33-27-24-21-18-15-12-9-6-3)59-73-76(69,70)72-58-60(56-65)74-63(67)54-51-48-45-42-39-36-32-26-23-20-17-14-11-8-5-2/h7-12,16-21,25-28,30-33,40,43,60-61,65H,4-6,13-15,22-24,29,34-39,41-42,44-59H2,1-3H3,(H,69,70)/b10-7-,11-8-,12-9-,19-16-,20-17-,21-18-,28-25-,31-30-,32-26-,33-27-,43-40-. The van der Waals surface area contributed by atoms with Crippen molar-refractivity contribution in [2.75, 3.05) is 26.4 Å². The summed E-state index contributed by atoms with van der Waals surface area (Å²) in [6, 6.07) is 0. The van der Waals surface area contributed by atoms with Crippen molar-refractivity contribution in [3.05, 3.63) is 134 Å². The van der Waals surface area contributed by atoms with Gasteiger partial charge in [-0.1, -0.05) is 199 Å². The molecule has 0 aromatic heterocycles. The lowest BCUT2D eigenvalue weighted by molar-refractivity contribution is -0.161. The van der Waals surface area contributed by atoms with Crippen molar-refractivity contribution in [2.45, 2.75) is 226 Å². The van der Waals surface area contributed by atoms with Crippen LogP contribution in [0.1, 0.15) is 213 Å². The first-order chi connectivity index (χ1) is 37.2. The largest absolute Gasteiger partial charge is 0.472 e. The molecule has 0 radical (unpaired) electrons. The van der Waals surface area contributed by atoms with E-state index < -0.39 is 57.8 Å². The molecule has 0 amide bonds. The van der Waals surface area contributed by atoms with Crippen LogP contribution in [0.15, 0.2) is 134 Å². The van der Waals surface area contributed by atoms with Crippen molar-refractivity contribution in [3.63, 3.8) is 0 Å². The van der Waals surface area contributed by atoms with E-state index in [0.717, 1.165) is 154 Å². The molecule has 0 aliphatic rings. The quantitative estimate of drug-likeness (QED) is 0.0197. The molecule has 0 heterocycles. The highest BCUT2D eigenvalue weighted by Crippen LogP contribution is 2.43. The highest BCUT2D eigenvalue weighted by atomic mass is 31.2. The lowest BCUT2D eigenvalue weighted by Crippen LogP contribution is -2.30. The van der Waals surface area contributed by atoms with E-state index in [2.05, 4.69) is 154 Å². The number of phosphoric acid groups is 1. The predicted octanol–water partition coefficient (Wildman–Crippen LogP) is 17.4. The van der Waals surface area contributed by atoms with Crippen molar-refractivity contribution < 1.29 is 52.2 Å². The van der Waals surface area contributed by atoms with Gasteiger partial charge in [0, 0.05) is 19.3 Å². The summed E-state index contributed by atoms with van der Waals surface area (Å²) in [6.07, 6.45) is 71.2. The summed E-state index contributed by atoms with van der Waals surface area (Å²) in [5, 5.41) is 9.82. The van der Waals surface area contributed by atoms with Gasteiger partial charge in [-0.2, -0.15) is 0 Å². The molecule has 0 fully saturated rings. The van der Waals surface area contributed by atoms with Crippen LogP contribution < -0.4 is 0 Å². The molecular weight excluding hydrogens is 976 g/mol. The molecule has 0 spiro atoms. The minimum absolute atomic E-state index is 0.103. The SMILES string of the molecule is CC/C=C\C/C=C\C/C=C\C/C=C\CCCCCCCCC(=O)OCC(COP(=O)(O)OCC(CO)OC(=O)CCCCCCC/C=C\C/C=C\C/C=C\CC)OC(=O)CCCC/C=C\C/C=C\C/C=C\C/C=C\CC. The molecular formula is C64H103O11P. The van der Waals surface area contributed by atoms with Crippen LogP contribution in [0.25, 0.3) is 0 Å². The summed E-state index contributed by atoms with van der Waals surface area (Å²) >= 11 is 0. The first kappa shape index (κ1) is 71.6. The van der Waals surface area contributed by atoms with Crippen molar-refractivity contribution in [1.29, 1.82) is 0 Å². The number of phosphoric ester groups is 1. The zero-order valence-corrected chi connectivity index (χ0v) is 48.3. The number of esters is 3. The van der Waals surface area contributed by atoms with Gasteiger partial charge < -0.3 is 24.2 Å². The Bertz CT molecular complexity index is 1780. The van der Waals surface area contributed by atoms with Crippen molar-refractivity contribution in [3.8, 4) is 0 Å². The minimum Gasteiger partial charge on any atom is -0.462 e. The maximum absolute atomic E-state index is 12.9. The molecule has 3 atom stereocenters. The van der Waals surface area contributed by atoms with Crippen LogP contribution in [0.2, 0.25) is 0 Å². The lowest BCUT2D eigenvalue weighted by atomic mass is 10.1. The number of aliphatic hydroxyl groups excluding tert-OH is 1. The fraction of sp³-hybridized carbons (Fsp3) is 0.609. The van der Waals surface area contributed by atoms with E-state index in [1.165, 1.54) is 0 Å². The second-order valence-electron chi connectivity index (χ2n) is 18.7. The molecule has 0 aliphatic carbocycles. The van der Waals surface area contributed by atoms with E-state index in [9.17, 15) is 28.9 Å². The molecule has 0 bridgehead atoms. The Morgan fingerprint density at radius 2 is 0.645 bits per heavy atom. The summed E-state index contributed by atoms with van der Waals surface area (Å²) in [4.78, 5) is 48.6. The Labute approximate surface area is 461 Å². The maximum Gasteiger partial charge on any atom is 0.472 e. The molecule has 2 N–H and O–H groups in total. The first-order valence-corrected chi connectivity index (χ1v) is 30.6. The number of aliphatic hydroxyl groups is 1. The molecule has 0 rings (SSSR count). The summed E-state index contributed by atoms with van der Waals surface area (Å²) in [6.45, 7) is 4.20. The van der Waals surface area contributed by atoms with E-state index in [1.54, 1.807) is 0 Å². The Morgan fingerprint density at radius 1 is 0.368 bits per heavy atom. The number of carbonyl (C=O) groups is 3. The molecule has 0 aromatic carbocycles. The van der Waals surface area contributed by atoms with E-state index >= 15 is 0 Å². The molecule has 76 heavy (non-hydrogen) atoms. The number of rotatable bonds is 52. The number of carbonyl (C=O) groups excluding carboxylic acids is 3. The highest BCUT2D eigenvalue weighted by Gasteiger charge is 2.28. The number of hydrogen-bond acceptors (Lipinski definition) is 10. The zero-order valence-electron chi connectivity index (χ0n) is 47.4. The van der Waals surface area contributed by atoms with E-state index in [-0.39, 0.29) is 25.9 Å². The van der Waals surface area contributed by atoms with Crippen LogP contribution in [0.4, 0.5) is 0 Å². The van der Waals surface area contributed by atoms with Crippen LogP contribution in [0, 0.1) is 0 Å². The number of allylic oxidation sites excluding steroid dienone is 22. The van der Waals surface area contributed by atoms with Crippen molar-refractivity contribution in [1.82, 2.24) is 0 Å². The van der Waals surface area contributed by atoms with Gasteiger partial charge in [0.25, 0.3) is 0 Å². The van der Waals surface area contributed by atoms with E-state index in [0.29, 0.717) is 19.3 Å². The number of unbranched alkanes of at least 4 members (excludes halogenated alkanes) is 13. The summed E-state index contributed by atoms with van der Waals surface area (Å²) < 4.78 is 39.5. The molecule has 12 heteroatoms. The van der Waals surface area contributed by atoms with E-state index in [1.807, 2.05) is 0 Å². The third-order valence-electron chi connectivity index (χ3n) is 11.6. The summed E-state index contributed by atoms with van der Waals surface area (Å²) in [5.41, 5.74) is 0. The van der Waals surface area contributed by atoms with Gasteiger partial charge in [0.05, 0.1) is 19.8 Å². The fourth-order valence-corrected chi connectivity index (χ4v) is 8.02. The predicted molar refractivity (Wildman–Crippen MR) is 316 cm³/mol. The van der Waals surface area contributed by atoms with Crippen LogP contribution in [0.5, 0.6) is 0 Å². The summed E-state index contributed by atoms with van der Waals surface area (Å²) in [5.74, 6) is -1.56. The van der Waals surface area contributed by atoms with Crippen molar-refractivity contribution >= 4 is 25.7 Å². The average Bonchev–Trinajstić information content (AvgIpc) is 3.41. The number of hydrogen-bond donors (Lipinski definition) is 2. The Hall–Kier alpha value is -4.38. The zero-order chi connectivity index (χ0) is 55.5. The van der Waals surface area contributed by atoms with Crippen molar-refractivity contribution in [2.24, 2.45) is 0 Å². The molecule has 0 saturated heterocycles. The van der Waals surface area contributed by atoms with Gasteiger partial charge in [-0.05, 0) is 128 Å². The second kappa shape index (κ2) is 56.8. The van der Waals surface area contributed by atoms with Gasteiger partial charge in [0.2, 0.25) is 0 Å². The molecule has 3 unspecified atom stereocenters. The number of ether oxygens (including phenoxy) is 3. The molecule has 0 aliphatic heterocycles. The van der Waals surface area contributed by atoms with Gasteiger partial charge in [-0.15, -0.1) is 0 Å². The fourth-order valence-electron chi connectivity index (χ4n) is 7.23. The highest BCUT2D eigenvalue weighted by molar-refractivity contribution is 7.47. The van der Waals surface area contributed by atoms with Crippen LogP contribution >= 0.6 is 7.82 Å². The van der Waals surface area contributed by atoms with Crippen LogP contribution in [-0.2, 0) is 42.2 Å². The third kappa shape index (κ3) is 54.4. The van der Waals surface area contributed by atoms with Gasteiger partial charge in [0.1, 0.15) is 12.7 Å². The van der Waals surface area contributed by atoms with Gasteiger partial charge in [-0.3, -0.25) is 23.4 Å². The molecule has 0 saturated carbocycles. The summed E-state index contributed by atoms with van der Waals surface area (Å²) in [7, 11) is -4.78.